The van der Waals surface area contributed by atoms with Crippen molar-refractivity contribution in [1.82, 2.24) is 0 Å². The monoisotopic (exact) mass is 386 g/mol. The number of allylic oxidation sites excluding steroid dienone is 1. The van der Waals surface area contributed by atoms with E-state index in [-0.39, 0.29) is 12.2 Å². The molecule has 0 saturated carbocycles. The molecule has 0 spiro atoms. The largest absolute Gasteiger partial charge is 0.394 e. The van der Waals surface area contributed by atoms with E-state index >= 15 is 0 Å². The number of hydrogen-bond acceptors (Lipinski definition) is 8. The summed E-state index contributed by atoms with van der Waals surface area (Å²) >= 11 is 0. The minimum atomic E-state index is -1.52. The van der Waals surface area contributed by atoms with Crippen molar-refractivity contribution in [3.8, 4) is 0 Å². The molecular formula is C19H30O8. The lowest BCUT2D eigenvalue weighted by Crippen LogP contribution is -2.59. The Kier molecular flexibility index (Phi) is 6.63. The summed E-state index contributed by atoms with van der Waals surface area (Å²) in [6.45, 7) is 6.40. The number of ketones is 1. The Labute approximate surface area is 158 Å². The maximum atomic E-state index is 11.8. The van der Waals surface area contributed by atoms with Crippen LogP contribution in [0.4, 0.5) is 0 Å². The lowest BCUT2D eigenvalue weighted by Gasteiger charge is -2.44. The van der Waals surface area contributed by atoms with E-state index in [1.807, 2.05) is 0 Å². The van der Waals surface area contributed by atoms with Gasteiger partial charge in [-0.2, -0.15) is 0 Å². The quantitative estimate of drug-likeness (QED) is 0.396. The van der Waals surface area contributed by atoms with Crippen molar-refractivity contribution >= 4 is 5.78 Å². The fourth-order valence-corrected chi connectivity index (χ4v) is 3.58. The van der Waals surface area contributed by atoms with E-state index in [2.05, 4.69) is 0 Å². The highest BCUT2D eigenvalue weighted by molar-refractivity contribution is 5.92. The molecule has 1 aliphatic carbocycles. The molecule has 2 rings (SSSR count). The second-order valence-corrected chi connectivity index (χ2v) is 8.02. The number of rotatable bonds is 5. The first-order valence-corrected chi connectivity index (χ1v) is 9.02. The van der Waals surface area contributed by atoms with Gasteiger partial charge in [-0.25, -0.2) is 0 Å². The number of ether oxygens (including phenoxy) is 2. The predicted octanol–water partition coefficient (Wildman–Crippen LogP) is -0.576. The molecule has 1 aliphatic heterocycles. The number of carbonyl (C=O) groups excluding carboxylic acids is 1. The highest BCUT2D eigenvalue weighted by Gasteiger charge is 2.47. The molecule has 1 saturated heterocycles. The molecular weight excluding hydrogens is 356 g/mol. The lowest BCUT2D eigenvalue weighted by molar-refractivity contribution is -0.306. The molecule has 8 nitrogen and oxygen atoms in total. The summed E-state index contributed by atoms with van der Waals surface area (Å²) in [4.78, 5) is 11.8. The van der Waals surface area contributed by atoms with Gasteiger partial charge in [0.25, 0.3) is 0 Å². The van der Waals surface area contributed by atoms with Crippen molar-refractivity contribution in [3.05, 3.63) is 23.8 Å². The Bertz CT molecular complexity index is 611. The van der Waals surface area contributed by atoms with Gasteiger partial charge in [-0.05, 0) is 31.6 Å². The minimum absolute atomic E-state index is 0.0406. The molecule has 7 atom stereocenters. The molecule has 1 fully saturated rings. The zero-order valence-corrected chi connectivity index (χ0v) is 16.1. The van der Waals surface area contributed by atoms with E-state index in [4.69, 9.17) is 9.47 Å². The zero-order valence-electron chi connectivity index (χ0n) is 16.1. The molecule has 0 amide bonds. The van der Waals surface area contributed by atoms with Crippen LogP contribution >= 0.6 is 0 Å². The summed E-state index contributed by atoms with van der Waals surface area (Å²) in [6.07, 6.45) is -2.64. The maximum Gasteiger partial charge on any atom is 0.187 e. The summed E-state index contributed by atoms with van der Waals surface area (Å²) < 4.78 is 10.9. The summed E-state index contributed by atoms with van der Waals surface area (Å²) in [5.74, 6) is -0.0406. The van der Waals surface area contributed by atoms with Crippen LogP contribution in [-0.2, 0) is 14.3 Å². The average Bonchev–Trinajstić information content (AvgIpc) is 2.58. The van der Waals surface area contributed by atoms with Crippen LogP contribution in [0.2, 0.25) is 0 Å². The fourth-order valence-electron chi connectivity index (χ4n) is 3.58. The van der Waals surface area contributed by atoms with Gasteiger partial charge in [0.05, 0.1) is 12.7 Å². The highest BCUT2D eigenvalue weighted by Crippen LogP contribution is 2.44. The number of aliphatic hydroxyl groups excluding tert-OH is 4. The fraction of sp³-hybridized carbons (Fsp3) is 0.737. The molecule has 8 heteroatoms. The first-order chi connectivity index (χ1) is 12.4. The standard InChI is InChI=1S/C19H30O8/c1-10-7-12(21)8-18(3,4)19(10,25)6-5-11(2)26-17-16(24)15(23)14(22)13(9-20)27-17/h5-7,11,13-17,20,22-25H,8-9H2,1-4H3/b6-5+/t11?,13-,14-,15+,16-,17-,19?/m1/s1. The van der Waals surface area contributed by atoms with Crippen molar-refractivity contribution in [3.63, 3.8) is 0 Å². The van der Waals surface area contributed by atoms with Crippen molar-refractivity contribution in [1.29, 1.82) is 0 Å². The molecule has 5 N–H and O–H groups in total. The molecule has 0 radical (unpaired) electrons. The summed E-state index contributed by atoms with van der Waals surface area (Å²) in [5.41, 5.74) is -1.52. The van der Waals surface area contributed by atoms with Crippen LogP contribution in [-0.4, -0.2) is 80.3 Å². The van der Waals surface area contributed by atoms with Gasteiger partial charge < -0.3 is 35.0 Å². The van der Waals surface area contributed by atoms with Gasteiger partial charge in [0.2, 0.25) is 0 Å². The van der Waals surface area contributed by atoms with E-state index in [1.54, 1.807) is 39.8 Å². The Hall–Kier alpha value is -1.13. The second kappa shape index (κ2) is 8.08. The highest BCUT2D eigenvalue weighted by atomic mass is 16.7. The first kappa shape index (κ1) is 22.2. The van der Waals surface area contributed by atoms with E-state index in [1.165, 1.54) is 6.08 Å². The van der Waals surface area contributed by atoms with Crippen LogP contribution in [0.15, 0.2) is 23.8 Å². The molecule has 2 unspecified atom stereocenters. The molecule has 0 bridgehead atoms. The molecule has 1 heterocycles. The summed E-state index contributed by atoms with van der Waals surface area (Å²) in [5, 5.41) is 50.0. The predicted molar refractivity (Wildman–Crippen MR) is 95.6 cm³/mol. The number of aliphatic hydroxyl groups is 5. The molecule has 2 aliphatic rings. The van der Waals surface area contributed by atoms with Gasteiger partial charge in [-0.1, -0.05) is 19.9 Å². The van der Waals surface area contributed by atoms with Crippen LogP contribution < -0.4 is 0 Å². The molecule has 0 aromatic heterocycles. The van der Waals surface area contributed by atoms with Crippen molar-refractivity contribution < 1.29 is 39.8 Å². The second-order valence-electron chi connectivity index (χ2n) is 8.02. The van der Waals surface area contributed by atoms with Gasteiger partial charge in [0, 0.05) is 11.8 Å². The third-order valence-corrected chi connectivity index (χ3v) is 5.43. The minimum Gasteiger partial charge on any atom is -0.394 e. The topological polar surface area (TPSA) is 137 Å². The van der Waals surface area contributed by atoms with Gasteiger partial charge in [0.15, 0.2) is 12.1 Å². The average molecular weight is 386 g/mol. The Morgan fingerprint density at radius 1 is 1.30 bits per heavy atom. The molecule has 27 heavy (non-hydrogen) atoms. The Balaban J connectivity index is 2.11. The third kappa shape index (κ3) is 4.32. The van der Waals surface area contributed by atoms with E-state index in [0.717, 1.165) is 0 Å². The smallest absolute Gasteiger partial charge is 0.187 e. The third-order valence-electron chi connectivity index (χ3n) is 5.43. The van der Waals surface area contributed by atoms with Crippen molar-refractivity contribution in [2.75, 3.05) is 6.61 Å². The van der Waals surface area contributed by atoms with E-state index in [9.17, 15) is 30.3 Å². The number of hydrogen-bond donors (Lipinski definition) is 5. The molecule has 0 aromatic carbocycles. The van der Waals surface area contributed by atoms with Gasteiger partial charge in [-0.15, -0.1) is 0 Å². The van der Waals surface area contributed by atoms with Gasteiger partial charge in [-0.3, -0.25) is 4.79 Å². The number of carbonyl (C=O) groups is 1. The maximum absolute atomic E-state index is 11.8. The summed E-state index contributed by atoms with van der Waals surface area (Å²) in [6, 6.07) is 0. The Morgan fingerprint density at radius 2 is 1.93 bits per heavy atom. The van der Waals surface area contributed by atoms with E-state index in [0.29, 0.717) is 5.57 Å². The Morgan fingerprint density at radius 3 is 2.48 bits per heavy atom. The molecule has 0 aromatic rings. The van der Waals surface area contributed by atoms with Crippen LogP contribution in [0.25, 0.3) is 0 Å². The van der Waals surface area contributed by atoms with Crippen LogP contribution in [0.5, 0.6) is 0 Å². The van der Waals surface area contributed by atoms with Crippen molar-refractivity contribution in [2.45, 2.75) is 76.5 Å². The first-order valence-electron chi connectivity index (χ1n) is 9.02. The lowest BCUT2D eigenvalue weighted by atomic mass is 9.64. The van der Waals surface area contributed by atoms with Crippen LogP contribution in [0.3, 0.4) is 0 Å². The van der Waals surface area contributed by atoms with Gasteiger partial charge in [0.1, 0.15) is 30.0 Å². The van der Waals surface area contributed by atoms with Gasteiger partial charge >= 0.3 is 0 Å². The SMILES string of the molecule is CC1=CC(=O)CC(C)(C)C1(O)/C=C/C(C)O[C@@H]1O[C@H](CO)[C@@H](O)[C@H](O)[C@H]1O. The molecule has 154 valence electrons. The summed E-state index contributed by atoms with van der Waals surface area (Å²) in [7, 11) is 0. The van der Waals surface area contributed by atoms with E-state index < -0.39 is 54.4 Å². The van der Waals surface area contributed by atoms with Crippen LogP contribution in [0, 0.1) is 5.41 Å². The normalized spacial score (nSPS) is 40.9. The van der Waals surface area contributed by atoms with Crippen LogP contribution in [0.1, 0.15) is 34.1 Å². The zero-order chi connectivity index (χ0) is 20.6. The van der Waals surface area contributed by atoms with Crippen molar-refractivity contribution in [2.24, 2.45) is 5.41 Å².